The quantitative estimate of drug-likeness (QED) is 0.756. The number of hydrogen-bond acceptors (Lipinski definition) is 3. The van der Waals surface area contributed by atoms with Crippen LogP contribution in [0.15, 0.2) is 71.3 Å². The second-order valence-corrected chi connectivity index (χ2v) is 6.63. The molecular weight excluding hydrogens is 324 g/mol. The molecule has 1 atom stereocenters. The van der Waals surface area contributed by atoms with E-state index in [0.29, 0.717) is 12.1 Å². The van der Waals surface area contributed by atoms with E-state index in [1.807, 2.05) is 43.3 Å². The number of para-hydroxylation sites is 1. The summed E-state index contributed by atoms with van der Waals surface area (Å²) in [5.41, 5.74) is 4.26. The largest absolute Gasteiger partial charge is 0.467 e. The molecule has 0 saturated carbocycles. The van der Waals surface area contributed by atoms with Gasteiger partial charge in [-0.25, -0.2) is 0 Å². The normalized spacial score (nSPS) is 14.1. The molecule has 0 aliphatic carbocycles. The molecule has 0 spiro atoms. The fraction of sp³-hybridized carbons (Fsp3) is 0.227. The smallest absolute Gasteiger partial charge is 0.251 e. The van der Waals surface area contributed by atoms with E-state index < -0.39 is 0 Å². The van der Waals surface area contributed by atoms with E-state index in [0.717, 1.165) is 24.3 Å². The Labute approximate surface area is 153 Å². The molecule has 0 bridgehead atoms. The number of rotatable bonds is 5. The third-order valence-corrected chi connectivity index (χ3v) is 5.02. The molecule has 4 heteroatoms. The standard InChI is InChI=1S/C22H22N2O2/c1-16-7-2-4-9-18(16)22(25)23-15-20(21-11-6-14-26-21)24-13-12-17-8-3-5-10-19(17)24/h2-11,14,20H,12-13,15H2,1H3,(H,23,25)/t20-/m1/s1. The summed E-state index contributed by atoms with van der Waals surface area (Å²) < 4.78 is 5.69. The van der Waals surface area contributed by atoms with Crippen LogP contribution in [0.1, 0.15) is 33.3 Å². The SMILES string of the molecule is Cc1ccccc1C(=O)NC[C@H](c1ccco1)N1CCc2ccccc21. The molecular formula is C22H22N2O2. The van der Waals surface area contributed by atoms with Gasteiger partial charge in [0.1, 0.15) is 11.8 Å². The van der Waals surface area contributed by atoms with Crippen molar-refractivity contribution in [3.8, 4) is 0 Å². The van der Waals surface area contributed by atoms with Gasteiger partial charge in [0, 0.05) is 24.3 Å². The van der Waals surface area contributed by atoms with Gasteiger partial charge in [0.15, 0.2) is 0 Å². The number of hydrogen-bond donors (Lipinski definition) is 1. The summed E-state index contributed by atoms with van der Waals surface area (Å²) in [6.07, 6.45) is 2.70. The van der Waals surface area contributed by atoms with Crippen molar-refractivity contribution in [3.05, 3.63) is 89.4 Å². The predicted molar refractivity (Wildman–Crippen MR) is 102 cm³/mol. The van der Waals surface area contributed by atoms with Crippen LogP contribution in [0.4, 0.5) is 5.69 Å². The van der Waals surface area contributed by atoms with Gasteiger partial charge in [-0.2, -0.15) is 0 Å². The molecule has 0 unspecified atom stereocenters. The summed E-state index contributed by atoms with van der Waals surface area (Å²) in [6, 6.07) is 19.9. The highest BCUT2D eigenvalue weighted by Gasteiger charge is 2.29. The monoisotopic (exact) mass is 346 g/mol. The number of nitrogens with one attached hydrogen (secondary N) is 1. The van der Waals surface area contributed by atoms with Crippen LogP contribution in [0.3, 0.4) is 0 Å². The average molecular weight is 346 g/mol. The minimum Gasteiger partial charge on any atom is -0.467 e. The second kappa shape index (κ2) is 7.08. The maximum absolute atomic E-state index is 12.6. The molecule has 1 aliphatic rings. The molecule has 2 heterocycles. The van der Waals surface area contributed by atoms with Gasteiger partial charge in [0.2, 0.25) is 0 Å². The average Bonchev–Trinajstić information content (AvgIpc) is 3.33. The lowest BCUT2D eigenvalue weighted by molar-refractivity contribution is 0.0949. The van der Waals surface area contributed by atoms with E-state index >= 15 is 0 Å². The molecule has 3 aromatic rings. The first-order valence-electron chi connectivity index (χ1n) is 8.96. The molecule has 4 rings (SSSR count). The second-order valence-electron chi connectivity index (χ2n) is 6.63. The number of furan rings is 1. The third kappa shape index (κ3) is 3.10. The number of carbonyl (C=O) groups is 1. The van der Waals surface area contributed by atoms with Gasteiger partial charge in [0.05, 0.1) is 6.26 Å². The van der Waals surface area contributed by atoms with Gasteiger partial charge in [0.25, 0.3) is 5.91 Å². The van der Waals surface area contributed by atoms with Crippen molar-refractivity contribution >= 4 is 11.6 Å². The fourth-order valence-electron chi connectivity index (χ4n) is 3.65. The molecule has 26 heavy (non-hydrogen) atoms. The Bertz CT molecular complexity index is 902. The Hall–Kier alpha value is -3.01. The minimum atomic E-state index is -0.0489. The maximum atomic E-state index is 12.6. The molecule has 1 N–H and O–H groups in total. The Kier molecular flexibility index (Phi) is 4.48. The van der Waals surface area contributed by atoms with Gasteiger partial charge in [-0.1, -0.05) is 36.4 Å². The topological polar surface area (TPSA) is 45.5 Å². The van der Waals surface area contributed by atoms with Crippen LogP contribution in [0.25, 0.3) is 0 Å². The van der Waals surface area contributed by atoms with Crippen molar-refractivity contribution in [1.82, 2.24) is 5.32 Å². The molecule has 0 saturated heterocycles. The van der Waals surface area contributed by atoms with E-state index in [1.165, 1.54) is 11.3 Å². The molecule has 0 fully saturated rings. The highest BCUT2D eigenvalue weighted by atomic mass is 16.3. The van der Waals surface area contributed by atoms with Crippen molar-refractivity contribution in [2.45, 2.75) is 19.4 Å². The highest BCUT2D eigenvalue weighted by Crippen LogP contribution is 2.35. The molecule has 132 valence electrons. The number of benzene rings is 2. The zero-order valence-corrected chi connectivity index (χ0v) is 14.8. The van der Waals surface area contributed by atoms with Gasteiger partial charge >= 0.3 is 0 Å². The van der Waals surface area contributed by atoms with Gasteiger partial charge in [-0.05, 0) is 48.7 Å². The summed E-state index contributed by atoms with van der Waals surface area (Å²) in [5, 5.41) is 3.10. The number of aryl methyl sites for hydroxylation is 1. The molecule has 0 radical (unpaired) electrons. The molecule has 1 amide bonds. The van der Waals surface area contributed by atoms with Crippen molar-refractivity contribution in [1.29, 1.82) is 0 Å². The molecule has 1 aromatic heterocycles. The van der Waals surface area contributed by atoms with Crippen LogP contribution in [-0.4, -0.2) is 19.0 Å². The lowest BCUT2D eigenvalue weighted by Gasteiger charge is -2.29. The third-order valence-electron chi connectivity index (χ3n) is 5.02. The molecule has 1 aliphatic heterocycles. The highest BCUT2D eigenvalue weighted by molar-refractivity contribution is 5.95. The fourth-order valence-corrected chi connectivity index (χ4v) is 3.65. The first-order valence-corrected chi connectivity index (χ1v) is 8.96. The van der Waals surface area contributed by atoms with E-state index in [1.54, 1.807) is 6.26 Å². The summed E-state index contributed by atoms with van der Waals surface area (Å²) >= 11 is 0. The first kappa shape index (κ1) is 16.5. The van der Waals surface area contributed by atoms with Crippen molar-refractivity contribution < 1.29 is 9.21 Å². The number of fused-ring (bicyclic) bond motifs is 1. The van der Waals surface area contributed by atoms with E-state index in [2.05, 4.69) is 34.5 Å². The zero-order chi connectivity index (χ0) is 17.9. The van der Waals surface area contributed by atoms with Crippen molar-refractivity contribution in [2.75, 3.05) is 18.0 Å². The van der Waals surface area contributed by atoms with Crippen molar-refractivity contribution in [3.63, 3.8) is 0 Å². The molecule has 2 aromatic carbocycles. The van der Waals surface area contributed by atoms with E-state index in [9.17, 15) is 4.79 Å². The van der Waals surface area contributed by atoms with Crippen LogP contribution in [0.2, 0.25) is 0 Å². The van der Waals surface area contributed by atoms with E-state index in [-0.39, 0.29) is 11.9 Å². The summed E-state index contributed by atoms with van der Waals surface area (Å²) in [7, 11) is 0. The van der Waals surface area contributed by atoms with Gasteiger partial charge < -0.3 is 14.6 Å². The Morgan fingerprint density at radius 3 is 2.73 bits per heavy atom. The number of anilines is 1. The van der Waals surface area contributed by atoms with Crippen LogP contribution >= 0.6 is 0 Å². The minimum absolute atomic E-state index is 0.0263. The summed E-state index contributed by atoms with van der Waals surface area (Å²) in [6.45, 7) is 3.37. The number of amides is 1. The first-order chi connectivity index (χ1) is 12.7. The van der Waals surface area contributed by atoms with Crippen LogP contribution in [-0.2, 0) is 6.42 Å². The van der Waals surface area contributed by atoms with Crippen molar-refractivity contribution in [2.24, 2.45) is 0 Å². The van der Waals surface area contributed by atoms with Gasteiger partial charge in [-0.3, -0.25) is 4.79 Å². The Morgan fingerprint density at radius 1 is 1.12 bits per heavy atom. The Balaban J connectivity index is 1.56. The van der Waals surface area contributed by atoms with Crippen LogP contribution in [0, 0.1) is 6.92 Å². The Morgan fingerprint density at radius 2 is 1.92 bits per heavy atom. The zero-order valence-electron chi connectivity index (χ0n) is 14.8. The summed E-state index contributed by atoms with van der Waals surface area (Å²) in [5.74, 6) is 0.818. The number of nitrogens with zero attached hydrogens (tertiary/aromatic N) is 1. The lowest BCUT2D eigenvalue weighted by Crippen LogP contribution is -2.37. The van der Waals surface area contributed by atoms with Gasteiger partial charge in [-0.15, -0.1) is 0 Å². The summed E-state index contributed by atoms with van der Waals surface area (Å²) in [4.78, 5) is 15.0. The predicted octanol–water partition coefficient (Wildman–Crippen LogP) is 4.12. The lowest BCUT2D eigenvalue weighted by atomic mass is 10.1. The van der Waals surface area contributed by atoms with Crippen LogP contribution < -0.4 is 10.2 Å². The number of carbonyl (C=O) groups excluding carboxylic acids is 1. The molecule has 4 nitrogen and oxygen atoms in total. The van der Waals surface area contributed by atoms with E-state index in [4.69, 9.17) is 4.42 Å². The van der Waals surface area contributed by atoms with Crippen LogP contribution in [0.5, 0.6) is 0 Å². The maximum Gasteiger partial charge on any atom is 0.251 e.